The first-order valence-corrected chi connectivity index (χ1v) is 16.8. The number of nitrogens with zero attached hydrogens (tertiary/aromatic N) is 2. The Balaban J connectivity index is 1.18. The summed E-state index contributed by atoms with van der Waals surface area (Å²) in [7, 11) is 0. The van der Waals surface area contributed by atoms with E-state index in [1.165, 1.54) is 27.5 Å². The number of benzene rings is 8. The molecule has 0 N–H and O–H groups in total. The molecule has 2 heteroatoms. The minimum absolute atomic E-state index is 0.129. The van der Waals surface area contributed by atoms with Gasteiger partial charge in [0.1, 0.15) is 0 Å². The SMILES string of the molecule is [2H]c1c([2H])c([2H])c(N(c2ccccc2)c2ccc3c4c(cccc24)-c2ccc(N(c4ccccc4)c4ccc5ccccc5c4)cc2C32CC2)c([2H])c1[2H]. The standard InChI is InChI=1S/C47H34N2/c1-4-15-35(16-5-1)48(38-24-23-33-13-10-11-14-34(33)31-38)39-25-26-40-41-21-12-22-42-45(28-27-43(46(41)42)47(29-30-47)44(40)32-39)49(36-17-6-2-7-18-36)37-19-8-3-9-20-37/h1-28,31-32H,29-30H2/i2D,6D,7D,17D,18D. The van der Waals surface area contributed by atoms with Gasteiger partial charge in [-0.2, -0.15) is 0 Å². The first kappa shape index (κ1) is 23.2. The van der Waals surface area contributed by atoms with Crippen molar-refractivity contribution in [3.63, 3.8) is 0 Å². The number of hydrogen-bond acceptors (Lipinski definition) is 2. The zero-order chi connectivity index (χ0) is 36.7. The Hall–Kier alpha value is -6.12. The van der Waals surface area contributed by atoms with E-state index in [-0.39, 0.29) is 35.3 Å². The third-order valence-electron chi connectivity index (χ3n) is 10.3. The van der Waals surface area contributed by atoms with Crippen molar-refractivity contribution >= 4 is 55.7 Å². The second kappa shape index (κ2) is 11.0. The maximum Gasteiger partial charge on any atom is 0.0645 e. The molecular weight excluding hydrogens is 593 g/mol. The average Bonchev–Trinajstić information content (AvgIpc) is 4.02. The van der Waals surface area contributed by atoms with E-state index in [4.69, 9.17) is 6.85 Å². The monoisotopic (exact) mass is 631 g/mol. The van der Waals surface area contributed by atoms with E-state index in [9.17, 15) is 0 Å². The molecule has 0 aromatic heterocycles. The maximum absolute atomic E-state index is 8.97. The van der Waals surface area contributed by atoms with Crippen LogP contribution >= 0.6 is 0 Å². The predicted octanol–water partition coefficient (Wildman–Crippen LogP) is 13.0. The van der Waals surface area contributed by atoms with E-state index in [0.717, 1.165) is 51.9 Å². The molecule has 8 aromatic rings. The first-order valence-electron chi connectivity index (χ1n) is 19.3. The molecule has 0 radical (unpaired) electrons. The fourth-order valence-corrected chi connectivity index (χ4v) is 7.98. The van der Waals surface area contributed by atoms with E-state index in [2.05, 4.69) is 126 Å². The van der Waals surface area contributed by atoms with E-state index < -0.39 is 6.04 Å². The van der Waals surface area contributed by atoms with Crippen molar-refractivity contribution in [2.45, 2.75) is 18.3 Å². The van der Waals surface area contributed by atoms with E-state index in [1.54, 1.807) is 0 Å². The third-order valence-corrected chi connectivity index (χ3v) is 10.3. The average molecular weight is 632 g/mol. The van der Waals surface area contributed by atoms with Gasteiger partial charge in [-0.15, -0.1) is 0 Å². The second-order valence-electron chi connectivity index (χ2n) is 13.0. The first-order chi connectivity index (χ1) is 26.4. The summed E-state index contributed by atoms with van der Waals surface area (Å²) in [5, 5.41) is 4.52. The number of anilines is 6. The molecule has 0 bridgehead atoms. The van der Waals surface area contributed by atoms with Crippen molar-refractivity contribution in [1.82, 2.24) is 0 Å². The number of fused-ring (bicyclic) bond motifs is 5. The lowest BCUT2D eigenvalue weighted by Crippen LogP contribution is -2.18. The van der Waals surface area contributed by atoms with Crippen molar-refractivity contribution in [2.75, 3.05) is 9.80 Å². The summed E-state index contributed by atoms with van der Waals surface area (Å²) in [6, 6.07) is 51.2. The molecule has 2 nitrogen and oxygen atoms in total. The fourth-order valence-electron chi connectivity index (χ4n) is 7.98. The molecule has 232 valence electrons. The summed E-state index contributed by atoms with van der Waals surface area (Å²) in [4.78, 5) is 4.18. The minimum atomic E-state index is -0.406. The normalized spacial score (nSPS) is 15.1. The molecule has 1 fully saturated rings. The number of para-hydroxylation sites is 3. The summed E-state index contributed by atoms with van der Waals surface area (Å²) in [5.41, 5.74) is 9.67. The highest BCUT2D eigenvalue weighted by Gasteiger charge is 2.50. The van der Waals surface area contributed by atoms with Crippen LogP contribution in [0.5, 0.6) is 0 Å². The highest BCUT2D eigenvalue weighted by molar-refractivity contribution is 6.10. The van der Waals surface area contributed by atoms with Gasteiger partial charge in [-0.3, -0.25) is 0 Å². The van der Waals surface area contributed by atoms with Crippen molar-refractivity contribution in [3.05, 3.63) is 193 Å². The molecule has 0 amide bonds. The van der Waals surface area contributed by atoms with E-state index >= 15 is 0 Å². The number of hydrogen-bond donors (Lipinski definition) is 0. The van der Waals surface area contributed by atoms with Gasteiger partial charge >= 0.3 is 0 Å². The molecule has 0 atom stereocenters. The van der Waals surface area contributed by atoms with Crippen LogP contribution in [0.2, 0.25) is 0 Å². The summed E-state index contributed by atoms with van der Waals surface area (Å²) in [5.74, 6) is 0. The van der Waals surface area contributed by atoms with Crippen LogP contribution in [0, 0.1) is 0 Å². The van der Waals surface area contributed by atoms with Gasteiger partial charge in [-0.25, -0.2) is 0 Å². The molecule has 0 aliphatic heterocycles. The van der Waals surface area contributed by atoms with Gasteiger partial charge in [0.2, 0.25) is 0 Å². The van der Waals surface area contributed by atoms with Crippen molar-refractivity contribution in [1.29, 1.82) is 0 Å². The van der Waals surface area contributed by atoms with Gasteiger partial charge in [0.25, 0.3) is 0 Å². The van der Waals surface area contributed by atoms with E-state index in [1.807, 2.05) is 35.2 Å². The van der Waals surface area contributed by atoms with Gasteiger partial charge in [0, 0.05) is 39.2 Å². The molecule has 49 heavy (non-hydrogen) atoms. The van der Waals surface area contributed by atoms with Gasteiger partial charge in [0.05, 0.1) is 12.5 Å². The van der Waals surface area contributed by atoms with Gasteiger partial charge in [0.15, 0.2) is 0 Å². The quantitative estimate of drug-likeness (QED) is 0.180. The zero-order valence-corrected chi connectivity index (χ0v) is 26.7. The highest BCUT2D eigenvalue weighted by atomic mass is 15.1. The van der Waals surface area contributed by atoms with Crippen LogP contribution < -0.4 is 9.80 Å². The molecule has 0 unspecified atom stereocenters. The zero-order valence-electron chi connectivity index (χ0n) is 31.7. The molecule has 0 heterocycles. The highest BCUT2D eigenvalue weighted by Crippen LogP contribution is 2.63. The van der Waals surface area contributed by atoms with Crippen molar-refractivity contribution in [3.8, 4) is 11.1 Å². The summed E-state index contributed by atoms with van der Waals surface area (Å²) in [6.07, 6.45) is 2.05. The Morgan fingerprint density at radius 1 is 0.449 bits per heavy atom. The Morgan fingerprint density at radius 2 is 1.12 bits per heavy atom. The third kappa shape index (κ3) is 4.41. The Kier molecular flexibility index (Phi) is 5.20. The van der Waals surface area contributed by atoms with Crippen LogP contribution in [-0.4, -0.2) is 0 Å². The van der Waals surface area contributed by atoms with Gasteiger partial charge in [-0.05, 0) is 118 Å². The van der Waals surface area contributed by atoms with Crippen molar-refractivity contribution in [2.24, 2.45) is 0 Å². The molecule has 1 saturated carbocycles. The van der Waals surface area contributed by atoms with Crippen LogP contribution in [0.25, 0.3) is 32.7 Å². The van der Waals surface area contributed by atoms with E-state index in [0.29, 0.717) is 5.69 Å². The summed E-state index contributed by atoms with van der Waals surface area (Å²) in [6.45, 7) is 0. The topological polar surface area (TPSA) is 6.48 Å². The van der Waals surface area contributed by atoms with Crippen LogP contribution in [0.15, 0.2) is 182 Å². The van der Waals surface area contributed by atoms with Crippen LogP contribution in [0.1, 0.15) is 30.8 Å². The van der Waals surface area contributed by atoms with Crippen molar-refractivity contribution < 1.29 is 6.85 Å². The lowest BCUT2D eigenvalue weighted by atomic mass is 9.74. The molecule has 0 saturated heterocycles. The lowest BCUT2D eigenvalue weighted by Gasteiger charge is -2.34. The Bertz CT molecular complexity index is 2770. The van der Waals surface area contributed by atoms with Gasteiger partial charge in [-0.1, -0.05) is 115 Å². The molecule has 2 aliphatic carbocycles. The fraction of sp³-hybridized carbons (Fsp3) is 0.0638. The molecule has 1 spiro atoms. The lowest BCUT2D eigenvalue weighted by molar-refractivity contribution is 0.853. The maximum atomic E-state index is 8.97. The molecule has 2 aliphatic rings. The predicted molar refractivity (Wildman–Crippen MR) is 206 cm³/mol. The Morgan fingerprint density at radius 3 is 1.88 bits per heavy atom. The van der Waals surface area contributed by atoms with Crippen LogP contribution in [0.3, 0.4) is 0 Å². The summed E-state index contributed by atoms with van der Waals surface area (Å²) < 4.78 is 43.3. The molecule has 10 rings (SSSR count). The largest absolute Gasteiger partial charge is 0.310 e. The van der Waals surface area contributed by atoms with Crippen LogP contribution in [0.4, 0.5) is 34.1 Å². The molecule has 8 aromatic carbocycles. The van der Waals surface area contributed by atoms with Gasteiger partial charge < -0.3 is 9.80 Å². The van der Waals surface area contributed by atoms with Crippen LogP contribution in [-0.2, 0) is 5.41 Å². The smallest absolute Gasteiger partial charge is 0.0645 e. The second-order valence-corrected chi connectivity index (χ2v) is 13.0. The number of rotatable bonds is 6. The molecular formula is C47H34N2. The minimum Gasteiger partial charge on any atom is -0.310 e. The Labute approximate surface area is 294 Å². The summed E-state index contributed by atoms with van der Waals surface area (Å²) >= 11 is 0.